The fourth-order valence-electron chi connectivity index (χ4n) is 2.00. The van der Waals surface area contributed by atoms with Gasteiger partial charge in [-0.05, 0) is 29.8 Å². The first-order valence-corrected chi connectivity index (χ1v) is 6.14. The Morgan fingerprint density at radius 3 is 2.68 bits per heavy atom. The van der Waals surface area contributed by atoms with Crippen molar-refractivity contribution in [3.05, 3.63) is 66.4 Å². The smallest absolute Gasteiger partial charge is 0.130 e. The molecule has 2 aromatic carbocycles. The molecule has 0 aliphatic heterocycles. The van der Waals surface area contributed by atoms with Gasteiger partial charge in [0, 0.05) is 17.3 Å². The first-order chi connectivity index (χ1) is 9.33. The van der Waals surface area contributed by atoms with Crippen LogP contribution in [0.2, 0.25) is 0 Å². The maximum Gasteiger partial charge on any atom is 0.130 e. The summed E-state index contributed by atoms with van der Waals surface area (Å²) in [6.45, 7) is 0.546. The second-order valence-corrected chi connectivity index (χ2v) is 4.36. The van der Waals surface area contributed by atoms with Gasteiger partial charge in [-0.15, -0.1) is 0 Å². The molecule has 0 unspecified atom stereocenters. The van der Waals surface area contributed by atoms with Crippen LogP contribution in [-0.4, -0.2) is 4.98 Å². The van der Waals surface area contributed by atoms with Gasteiger partial charge in [-0.1, -0.05) is 30.3 Å². The Labute approximate surface area is 111 Å². The quantitative estimate of drug-likeness (QED) is 0.725. The van der Waals surface area contributed by atoms with E-state index in [9.17, 15) is 0 Å². The van der Waals surface area contributed by atoms with Crippen molar-refractivity contribution in [3.8, 4) is 5.75 Å². The van der Waals surface area contributed by atoms with Crippen molar-refractivity contribution in [1.29, 1.82) is 0 Å². The van der Waals surface area contributed by atoms with E-state index in [2.05, 4.69) is 4.98 Å². The topological polar surface area (TPSA) is 48.1 Å². The highest BCUT2D eigenvalue weighted by Gasteiger charge is 2.03. The van der Waals surface area contributed by atoms with E-state index < -0.39 is 0 Å². The first kappa shape index (κ1) is 11.5. The lowest BCUT2D eigenvalue weighted by Gasteiger charge is -2.09. The fourth-order valence-corrected chi connectivity index (χ4v) is 2.00. The van der Waals surface area contributed by atoms with Crippen LogP contribution in [0.5, 0.6) is 5.75 Å². The third kappa shape index (κ3) is 2.50. The van der Waals surface area contributed by atoms with Crippen molar-refractivity contribution in [3.63, 3.8) is 0 Å². The third-order valence-electron chi connectivity index (χ3n) is 2.96. The summed E-state index contributed by atoms with van der Waals surface area (Å²) in [5.41, 5.74) is 8.46. The number of nitrogen functional groups attached to an aromatic ring is 1. The van der Waals surface area contributed by atoms with E-state index in [4.69, 9.17) is 10.5 Å². The van der Waals surface area contributed by atoms with E-state index in [0.717, 1.165) is 22.2 Å². The van der Waals surface area contributed by atoms with Gasteiger partial charge in [0.05, 0.1) is 5.52 Å². The molecular formula is C16H14N2O. The lowest BCUT2D eigenvalue weighted by atomic mass is 10.2. The Balaban J connectivity index is 1.89. The molecule has 0 fully saturated rings. The molecule has 0 aliphatic carbocycles. The lowest BCUT2D eigenvalue weighted by Crippen LogP contribution is -1.96. The second kappa shape index (κ2) is 4.98. The molecule has 0 atom stereocenters. The summed E-state index contributed by atoms with van der Waals surface area (Å²) in [6.07, 6.45) is 1.74. The third-order valence-corrected chi connectivity index (χ3v) is 2.96. The first-order valence-electron chi connectivity index (χ1n) is 6.14. The van der Waals surface area contributed by atoms with Crippen molar-refractivity contribution >= 4 is 16.6 Å². The number of aromatic nitrogens is 1. The zero-order valence-electron chi connectivity index (χ0n) is 10.4. The van der Waals surface area contributed by atoms with Crippen LogP contribution in [0.4, 0.5) is 5.69 Å². The molecule has 0 radical (unpaired) electrons. The molecule has 0 saturated heterocycles. The molecule has 3 rings (SSSR count). The van der Waals surface area contributed by atoms with Crippen LogP contribution < -0.4 is 10.5 Å². The maximum absolute atomic E-state index is 5.86. The zero-order chi connectivity index (χ0) is 13.1. The van der Waals surface area contributed by atoms with Crippen molar-refractivity contribution in [2.24, 2.45) is 0 Å². The van der Waals surface area contributed by atoms with Gasteiger partial charge in [0.2, 0.25) is 0 Å². The highest BCUT2D eigenvalue weighted by atomic mass is 16.5. The molecule has 2 N–H and O–H groups in total. The van der Waals surface area contributed by atoms with Crippen molar-refractivity contribution in [2.75, 3.05) is 5.73 Å². The van der Waals surface area contributed by atoms with Gasteiger partial charge in [-0.2, -0.15) is 0 Å². The summed E-state index contributed by atoms with van der Waals surface area (Å²) in [4.78, 5) is 4.30. The van der Waals surface area contributed by atoms with Crippen LogP contribution >= 0.6 is 0 Å². The number of fused-ring (bicyclic) bond motifs is 1. The molecule has 0 saturated carbocycles. The number of anilines is 1. The average Bonchev–Trinajstić information content (AvgIpc) is 2.45. The Morgan fingerprint density at radius 1 is 1.00 bits per heavy atom. The van der Waals surface area contributed by atoms with Crippen molar-refractivity contribution in [1.82, 2.24) is 4.98 Å². The maximum atomic E-state index is 5.86. The Morgan fingerprint density at radius 2 is 1.84 bits per heavy atom. The SMILES string of the molecule is Nc1ccc2c(OCc3ccccc3)ccnc2c1. The number of benzene rings is 2. The highest BCUT2D eigenvalue weighted by Crippen LogP contribution is 2.25. The van der Waals surface area contributed by atoms with E-state index in [0.29, 0.717) is 12.3 Å². The van der Waals surface area contributed by atoms with Crippen LogP contribution in [0.15, 0.2) is 60.8 Å². The summed E-state index contributed by atoms with van der Waals surface area (Å²) in [5.74, 6) is 0.828. The summed E-state index contributed by atoms with van der Waals surface area (Å²) in [7, 11) is 0. The minimum atomic E-state index is 0.546. The molecule has 0 spiro atoms. The molecule has 19 heavy (non-hydrogen) atoms. The lowest BCUT2D eigenvalue weighted by molar-refractivity contribution is 0.310. The predicted octanol–water partition coefficient (Wildman–Crippen LogP) is 3.40. The highest BCUT2D eigenvalue weighted by molar-refractivity contribution is 5.87. The monoisotopic (exact) mass is 250 g/mol. The van der Waals surface area contributed by atoms with Crippen LogP contribution in [0.1, 0.15) is 5.56 Å². The number of rotatable bonds is 3. The molecule has 3 heteroatoms. The summed E-state index contributed by atoms with van der Waals surface area (Å²) >= 11 is 0. The molecule has 94 valence electrons. The standard InChI is InChI=1S/C16H14N2O/c17-13-6-7-14-15(10-13)18-9-8-16(14)19-11-12-4-2-1-3-5-12/h1-10H,11,17H2. The van der Waals surface area contributed by atoms with Gasteiger partial charge in [0.1, 0.15) is 12.4 Å². The largest absolute Gasteiger partial charge is 0.488 e. The van der Waals surface area contributed by atoms with Gasteiger partial charge in [0.15, 0.2) is 0 Å². The molecule has 3 aromatic rings. The van der Waals surface area contributed by atoms with Gasteiger partial charge in [-0.25, -0.2) is 0 Å². The number of hydrogen-bond acceptors (Lipinski definition) is 3. The zero-order valence-corrected chi connectivity index (χ0v) is 10.4. The summed E-state index contributed by atoms with van der Waals surface area (Å²) in [5, 5.41) is 0.979. The number of ether oxygens (including phenoxy) is 1. The molecule has 0 aliphatic rings. The van der Waals surface area contributed by atoms with E-state index in [-0.39, 0.29) is 0 Å². The Bertz CT molecular complexity index is 695. The Kier molecular flexibility index (Phi) is 3.02. The number of pyridine rings is 1. The molecule has 0 amide bonds. The predicted molar refractivity (Wildman–Crippen MR) is 76.9 cm³/mol. The van der Waals surface area contributed by atoms with Gasteiger partial charge in [0.25, 0.3) is 0 Å². The van der Waals surface area contributed by atoms with Gasteiger partial charge >= 0.3 is 0 Å². The molecule has 3 nitrogen and oxygen atoms in total. The number of hydrogen-bond donors (Lipinski definition) is 1. The normalized spacial score (nSPS) is 10.5. The van der Waals surface area contributed by atoms with E-state index in [1.807, 2.05) is 54.6 Å². The fraction of sp³-hybridized carbons (Fsp3) is 0.0625. The minimum Gasteiger partial charge on any atom is -0.488 e. The van der Waals surface area contributed by atoms with Crippen LogP contribution in [-0.2, 0) is 6.61 Å². The minimum absolute atomic E-state index is 0.546. The van der Waals surface area contributed by atoms with Gasteiger partial charge < -0.3 is 10.5 Å². The van der Waals surface area contributed by atoms with E-state index in [1.54, 1.807) is 6.20 Å². The van der Waals surface area contributed by atoms with E-state index in [1.165, 1.54) is 0 Å². The molecule has 0 bridgehead atoms. The number of nitrogens with zero attached hydrogens (tertiary/aromatic N) is 1. The van der Waals surface area contributed by atoms with Crippen LogP contribution in [0.3, 0.4) is 0 Å². The number of nitrogens with two attached hydrogens (primary N) is 1. The molecule has 1 aromatic heterocycles. The molecule has 1 heterocycles. The molecular weight excluding hydrogens is 236 g/mol. The Hall–Kier alpha value is -2.55. The summed E-state index contributed by atoms with van der Waals surface area (Å²) in [6, 6.07) is 17.6. The van der Waals surface area contributed by atoms with Gasteiger partial charge in [-0.3, -0.25) is 4.98 Å². The average molecular weight is 250 g/mol. The van der Waals surface area contributed by atoms with Crippen LogP contribution in [0, 0.1) is 0 Å². The second-order valence-electron chi connectivity index (χ2n) is 4.36. The van der Waals surface area contributed by atoms with Crippen LogP contribution in [0.25, 0.3) is 10.9 Å². The van der Waals surface area contributed by atoms with Crippen molar-refractivity contribution in [2.45, 2.75) is 6.61 Å². The summed E-state index contributed by atoms with van der Waals surface area (Å²) < 4.78 is 5.86. The van der Waals surface area contributed by atoms with Crippen molar-refractivity contribution < 1.29 is 4.74 Å². The van der Waals surface area contributed by atoms with E-state index >= 15 is 0 Å².